The Hall–Kier alpha value is -9.05. The van der Waals surface area contributed by atoms with Crippen LogP contribution in [0.2, 0.25) is 0 Å². The van der Waals surface area contributed by atoms with Crippen molar-refractivity contribution < 1.29 is 0 Å². The number of rotatable bonds is 8. The van der Waals surface area contributed by atoms with Crippen LogP contribution in [0.15, 0.2) is 261 Å². The van der Waals surface area contributed by atoms with Gasteiger partial charge in [0.15, 0.2) is 17.5 Å². The van der Waals surface area contributed by atoms with Crippen LogP contribution in [0.1, 0.15) is 22.3 Å². The summed E-state index contributed by atoms with van der Waals surface area (Å²) >= 11 is 0. The van der Waals surface area contributed by atoms with Gasteiger partial charge in [-0.25, -0.2) is 15.0 Å². The molecular weight excluding hydrogens is 835 g/mol. The molecule has 0 saturated carbocycles. The van der Waals surface area contributed by atoms with Gasteiger partial charge in [0.1, 0.15) is 0 Å². The third-order valence-electron chi connectivity index (χ3n) is 14.0. The van der Waals surface area contributed by atoms with Crippen molar-refractivity contribution >= 4 is 21.5 Å². The molecule has 0 aliphatic heterocycles. The third-order valence-corrected chi connectivity index (χ3v) is 14.0. The van der Waals surface area contributed by atoms with E-state index in [0.717, 1.165) is 33.4 Å². The average molecular weight is 878 g/mol. The van der Waals surface area contributed by atoms with Gasteiger partial charge < -0.3 is 0 Å². The monoisotopic (exact) mass is 877 g/mol. The van der Waals surface area contributed by atoms with Crippen LogP contribution in [0, 0.1) is 0 Å². The molecular formula is C66H43N3. The molecule has 0 atom stereocenters. The first kappa shape index (κ1) is 40.2. The van der Waals surface area contributed by atoms with E-state index in [4.69, 9.17) is 15.0 Å². The molecule has 0 unspecified atom stereocenters. The van der Waals surface area contributed by atoms with E-state index in [1.54, 1.807) is 0 Å². The maximum Gasteiger partial charge on any atom is 0.164 e. The molecule has 3 nitrogen and oxygen atoms in total. The molecule has 0 fully saturated rings. The molecule has 1 aliphatic carbocycles. The number of benzene rings is 11. The molecule has 322 valence electrons. The van der Waals surface area contributed by atoms with Gasteiger partial charge >= 0.3 is 0 Å². The lowest BCUT2D eigenvalue weighted by Crippen LogP contribution is -2.28. The quantitative estimate of drug-likeness (QED) is 0.153. The topological polar surface area (TPSA) is 38.7 Å². The van der Waals surface area contributed by atoms with Crippen LogP contribution in [-0.4, -0.2) is 15.0 Å². The van der Waals surface area contributed by atoms with E-state index < -0.39 is 5.41 Å². The summed E-state index contributed by atoms with van der Waals surface area (Å²) in [5, 5.41) is 4.92. The van der Waals surface area contributed by atoms with Crippen LogP contribution >= 0.6 is 0 Å². The second-order valence-electron chi connectivity index (χ2n) is 17.9. The zero-order valence-corrected chi connectivity index (χ0v) is 37.7. The number of hydrogen-bond acceptors (Lipinski definition) is 3. The number of fused-ring (bicyclic) bond motifs is 5. The number of nitrogens with zero attached hydrogens (tertiary/aromatic N) is 3. The molecule has 0 N–H and O–H groups in total. The lowest BCUT2D eigenvalue weighted by Gasteiger charge is -2.34. The maximum atomic E-state index is 5.36. The Labute approximate surface area is 401 Å². The van der Waals surface area contributed by atoms with Crippen molar-refractivity contribution in [2.75, 3.05) is 0 Å². The van der Waals surface area contributed by atoms with E-state index in [0.29, 0.717) is 17.5 Å². The first-order valence-electron chi connectivity index (χ1n) is 23.6. The normalized spacial score (nSPS) is 12.5. The van der Waals surface area contributed by atoms with Gasteiger partial charge in [-0.1, -0.05) is 243 Å². The Morgan fingerprint density at radius 1 is 0.232 bits per heavy atom. The van der Waals surface area contributed by atoms with Gasteiger partial charge in [-0.15, -0.1) is 0 Å². The van der Waals surface area contributed by atoms with Crippen LogP contribution in [0.25, 0.3) is 100 Å². The zero-order chi connectivity index (χ0) is 45.7. The largest absolute Gasteiger partial charge is 0.208 e. The first-order chi connectivity index (χ1) is 34.2. The highest BCUT2D eigenvalue weighted by Gasteiger charge is 2.46. The van der Waals surface area contributed by atoms with Crippen molar-refractivity contribution in [3.05, 3.63) is 283 Å². The minimum atomic E-state index is -0.557. The Kier molecular flexibility index (Phi) is 9.73. The van der Waals surface area contributed by atoms with Gasteiger partial charge in [-0.2, -0.15) is 0 Å². The van der Waals surface area contributed by atoms with Gasteiger partial charge in [-0.3, -0.25) is 0 Å². The Morgan fingerprint density at radius 3 is 1.42 bits per heavy atom. The smallest absolute Gasteiger partial charge is 0.164 e. The molecule has 12 aromatic rings. The Bertz CT molecular complexity index is 3830. The second-order valence-corrected chi connectivity index (χ2v) is 17.9. The molecule has 13 rings (SSSR count). The van der Waals surface area contributed by atoms with Gasteiger partial charge in [0.25, 0.3) is 0 Å². The SMILES string of the molecule is c1ccc(C2(c3ccccc3)c3ccccc3-c3ccc(-c4nc(-c5ccc(-c6cccc7ccccc67)cc5)nc(-c5cccc(-c6ccc(-c7ccc8ccccc8c7)cc6)c5)n4)cc32)cc1. The van der Waals surface area contributed by atoms with Crippen molar-refractivity contribution in [2.45, 2.75) is 5.41 Å². The molecule has 1 heterocycles. The van der Waals surface area contributed by atoms with Gasteiger partial charge in [0.05, 0.1) is 5.41 Å². The minimum Gasteiger partial charge on any atom is -0.208 e. The van der Waals surface area contributed by atoms with Crippen LogP contribution in [0.4, 0.5) is 0 Å². The van der Waals surface area contributed by atoms with Crippen molar-refractivity contribution in [3.8, 4) is 78.7 Å². The van der Waals surface area contributed by atoms with Crippen LogP contribution in [0.5, 0.6) is 0 Å². The predicted molar refractivity (Wildman–Crippen MR) is 285 cm³/mol. The van der Waals surface area contributed by atoms with Crippen LogP contribution in [0.3, 0.4) is 0 Å². The maximum absolute atomic E-state index is 5.36. The summed E-state index contributed by atoms with van der Waals surface area (Å²) < 4.78 is 0. The van der Waals surface area contributed by atoms with Crippen molar-refractivity contribution in [3.63, 3.8) is 0 Å². The van der Waals surface area contributed by atoms with Gasteiger partial charge in [-0.05, 0) is 107 Å². The van der Waals surface area contributed by atoms with E-state index in [2.05, 4.69) is 261 Å². The summed E-state index contributed by atoms with van der Waals surface area (Å²) in [6.45, 7) is 0. The molecule has 1 aliphatic rings. The predicted octanol–water partition coefficient (Wildman–Crippen LogP) is 16.5. The molecule has 0 radical (unpaired) electrons. The highest BCUT2D eigenvalue weighted by atomic mass is 15.0. The highest BCUT2D eigenvalue weighted by Crippen LogP contribution is 2.56. The summed E-state index contributed by atoms with van der Waals surface area (Å²) in [6.07, 6.45) is 0. The van der Waals surface area contributed by atoms with E-state index in [-0.39, 0.29) is 0 Å². The summed E-state index contributed by atoms with van der Waals surface area (Å²) in [7, 11) is 0. The van der Waals surface area contributed by atoms with E-state index in [1.165, 1.54) is 71.6 Å². The minimum absolute atomic E-state index is 0.557. The summed E-state index contributed by atoms with van der Waals surface area (Å²) in [4.78, 5) is 16.0. The Balaban J connectivity index is 0.950. The fourth-order valence-corrected chi connectivity index (χ4v) is 10.7. The molecule has 3 heteroatoms. The molecule has 1 aromatic heterocycles. The van der Waals surface area contributed by atoms with E-state index in [9.17, 15) is 0 Å². The van der Waals surface area contributed by atoms with Gasteiger partial charge in [0.2, 0.25) is 0 Å². The third kappa shape index (κ3) is 6.94. The lowest BCUT2D eigenvalue weighted by atomic mass is 9.67. The molecule has 0 amide bonds. The van der Waals surface area contributed by atoms with Gasteiger partial charge in [0, 0.05) is 16.7 Å². The summed E-state index contributed by atoms with van der Waals surface area (Å²) in [6, 6.07) is 93.7. The molecule has 69 heavy (non-hydrogen) atoms. The molecule has 0 bridgehead atoms. The van der Waals surface area contributed by atoms with Crippen molar-refractivity contribution in [1.82, 2.24) is 15.0 Å². The zero-order valence-electron chi connectivity index (χ0n) is 37.7. The van der Waals surface area contributed by atoms with Crippen LogP contribution in [-0.2, 0) is 5.41 Å². The number of hydrogen-bond donors (Lipinski definition) is 0. The fraction of sp³-hybridized carbons (Fsp3) is 0.0152. The van der Waals surface area contributed by atoms with Crippen molar-refractivity contribution in [2.24, 2.45) is 0 Å². The first-order valence-corrected chi connectivity index (χ1v) is 23.6. The fourth-order valence-electron chi connectivity index (χ4n) is 10.7. The van der Waals surface area contributed by atoms with E-state index in [1.807, 2.05) is 0 Å². The van der Waals surface area contributed by atoms with Crippen LogP contribution < -0.4 is 0 Å². The molecule has 11 aromatic carbocycles. The van der Waals surface area contributed by atoms with Crippen molar-refractivity contribution in [1.29, 1.82) is 0 Å². The summed E-state index contributed by atoms with van der Waals surface area (Å²) in [5.74, 6) is 1.85. The lowest BCUT2D eigenvalue weighted by molar-refractivity contribution is 0.768. The molecule has 0 spiro atoms. The summed E-state index contributed by atoms with van der Waals surface area (Å²) in [5.41, 5.74) is 16.5. The van der Waals surface area contributed by atoms with E-state index >= 15 is 0 Å². The number of aromatic nitrogens is 3. The second kappa shape index (κ2) is 16.7. The highest BCUT2D eigenvalue weighted by molar-refractivity contribution is 5.97. The standard InChI is InChI=1S/C66H43N3/c1-3-21-55(22-4-1)66(56-23-5-2-6-24-56)61-28-12-11-26-59(61)60-40-39-54(43-62(60)66)65-68-63(49-36-34-48(35-37-49)58-27-14-18-47-16-9-10-25-57(47)58)67-64(69-65)53-20-13-19-51(42-53)45-29-31-46(32-30-45)52-38-33-44-15-7-8-17-50(44)41-52/h1-43H. The average Bonchev–Trinajstić information content (AvgIpc) is 3.73. The molecule has 0 saturated heterocycles. The Morgan fingerprint density at radius 2 is 0.696 bits per heavy atom.